The van der Waals surface area contributed by atoms with Crippen molar-refractivity contribution in [2.75, 3.05) is 49.6 Å². The first-order valence-electron chi connectivity index (χ1n) is 20.0. The minimum atomic E-state index is -1.16. The molecule has 5 aliphatic rings. The number of hydrogen-bond donors (Lipinski definition) is 6. The third kappa shape index (κ3) is 7.82. The fourth-order valence-electron chi connectivity index (χ4n) is 11.6. The van der Waals surface area contributed by atoms with Gasteiger partial charge in [0.1, 0.15) is 5.82 Å². The number of anilines is 2. The van der Waals surface area contributed by atoms with E-state index in [2.05, 4.69) is 34.8 Å². The van der Waals surface area contributed by atoms with Crippen LogP contribution in [0.3, 0.4) is 0 Å². The number of aromatic carboxylic acids is 1. The summed E-state index contributed by atoms with van der Waals surface area (Å²) in [7, 11) is 0. The van der Waals surface area contributed by atoms with Gasteiger partial charge in [-0.3, -0.25) is 10.1 Å². The highest BCUT2D eigenvalue weighted by Gasteiger charge is 2.66. The van der Waals surface area contributed by atoms with Gasteiger partial charge in [0.05, 0.1) is 29.0 Å². The van der Waals surface area contributed by atoms with E-state index in [1.165, 1.54) is 24.0 Å². The van der Waals surface area contributed by atoms with Gasteiger partial charge in [0.15, 0.2) is 10.8 Å². The van der Waals surface area contributed by atoms with Crippen molar-refractivity contribution in [2.45, 2.75) is 77.9 Å². The summed E-state index contributed by atoms with van der Waals surface area (Å²) in [5.41, 5.74) is 5.03. The van der Waals surface area contributed by atoms with E-state index in [-0.39, 0.29) is 40.1 Å². The van der Waals surface area contributed by atoms with Crippen LogP contribution in [0.5, 0.6) is 0 Å². The molecule has 2 unspecified atom stereocenters. The lowest BCUT2D eigenvalue weighted by Gasteiger charge is -2.69. The highest BCUT2D eigenvalue weighted by atomic mass is 32.1. The topological polar surface area (TPSA) is 173 Å². The lowest BCUT2D eigenvalue weighted by Crippen LogP contribution is -2.65. The van der Waals surface area contributed by atoms with Crippen molar-refractivity contribution in [2.24, 2.45) is 16.2 Å². The number of carboxylic acids is 1. The zero-order chi connectivity index (χ0) is 40.0. The Kier molecular flexibility index (Phi) is 10.5. The number of allylic oxidation sites excluding steroid dienone is 2. The largest absolute Gasteiger partial charge is 0.476 e. The number of para-hydroxylation sites is 1. The van der Waals surface area contributed by atoms with E-state index in [1.807, 2.05) is 60.4 Å². The third-order valence-corrected chi connectivity index (χ3v) is 13.6. The van der Waals surface area contributed by atoms with Crippen molar-refractivity contribution in [1.82, 2.24) is 20.6 Å². The number of nitrogens with zero attached hydrogens (tertiary/aromatic N) is 3. The predicted octanol–water partition coefficient (Wildman–Crippen LogP) is 6.89. The number of nitrogens with one attached hydrogen (secondary N) is 4. The van der Waals surface area contributed by atoms with Gasteiger partial charge in [0, 0.05) is 61.3 Å². The summed E-state index contributed by atoms with van der Waals surface area (Å²) in [5.74, 6) is -0.899. The van der Waals surface area contributed by atoms with Crippen molar-refractivity contribution in [3.8, 4) is 0 Å². The fourth-order valence-corrected chi connectivity index (χ4v) is 12.5. The van der Waals surface area contributed by atoms with E-state index in [4.69, 9.17) is 20.2 Å². The number of carbonyl (C=O) groups is 2. The van der Waals surface area contributed by atoms with Gasteiger partial charge in [-0.25, -0.2) is 14.8 Å². The summed E-state index contributed by atoms with van der Waals surface area (Å²) in [6, 6.07) is 17.1. The van der Waals surface area contributed by atoms with Crippen molar-refractivity contribution >= 4 is 56.2 Å². The third-order valence-electron chi connectivity index (χ3n) is 12.6. The molecule has 4 saturated carbocycles. The Hall–Kier alpha value is -4.69. The maximum absolute atomic E-state index is 13.6. The number of pyridine rings is 1. The maximum Gasteiger partial charge on any atom is 0.355 e. The van der Waals surface area contributed by atoms with Crippen LogP contribution >= 0.6 is 11.3 Å². The Bertz CT molecular complexity index is 2200. The molecule has 1 amide bonds. The molecule has 1 aliphatic heterocycles. The summed E-state index contributed by atoms with van der Waals surface area (Å²) in [6.07, 6.45) is 8.37. The molecule has 9 rings (SSSR count). The van der Waals surface area contributed by atoms with Gasteiger partial charge in [0.2, 0.25) is 0 Å². The molecule has 4 aromatic rings. The van der Waals surface area contributed by atoms with Crippen LogP contribution in [-0.2, 0) is 17.7 Å². The minimum Gasteiger partial charge on any atom is -0.476 e. The molecule has 2 aromatic carbocycles. The Morgan fingerprint density at radius 3 is 2.49 bits per heavy atom. The molecule has 300 valence electrons. The average molecular weight is 792 g/mol. The molecule has 2 aromatic heterocycles. The molecule has 4 fully saturated rings. The van der Waals surface area contributed by atoms with Crippen LogP contribution in [0.25, 0.3) is 15.8 Å². The number of aliphatic hydroxyl groups is 1. The number of ether oxygens (including phenoxy) is 1. The normalized spacial score (nSPS) is 26.6. The van der Waals surface area contributed by atoms with Gasteiger partial charge in [-0.15, -0.1) is 0 Å². The molecule has 12 nitrogen and oxygen atoms in total. The number of aliphatic hydroxyl groups excluding tert-OH is 1. The maximum atomic E-state index is 13.6. The van der Waals surface area contributed by atoms with Crippen molar-refractivity contribution in [3.05, 3.63) is 88.2 Å². The van der Waals surface area contributed by atoms with Crippen LogP contribution in [0.2, 0.25) is 0 Å². The van der Waals surface area contributed by atoms with Gasteiger partial charge < -0.3 is 35.9 Å². The van der Waals surface area contributed by atoms with E-state index in [0.29, 0.717) is 73.4 Å². The first kappa shape index (κ1) is 39.2. The fraction of sp³-hybridized carbons (Fsp3) is 0.477. The van der Waals surface area contributed by atoms with E-state index in [0.717, 1.165) is 59.1 Å². The van der Waals surface area contributed by atoms with Gasteiger partial charge in [-0.2, -0.15) is 0 Å². The molecule has 2 atom stereocenters. The first-order chi connectivity index (χ1) is 27.3. The predicted molar refractivity (Wildman–Crippen MR) is 224 cm³/mol. The number of hydrogen-bond acceptors (Lipinski definition) is 11. The van der Waals surface area contributed by atoms with Crippen LogP contribution in [0.4, 0.5) is 10.9 Å². The quantitative estimate of drug-likeness (QED) is 0.0550. The van der Waals surface area contributed by atoms with Crippen LogP contribution < -0.4 is 20.9 Å². The molecule has 13 heteroatoms. The smallest absolute Gasteiger partial charge is 0.355 e. The molecule has 0 spiro atoms. The van der Waals surface area contributed by atoms with Gasteiger partial charge in [-0.1, -0.05) is 49.4 Å². The lowest BCUT2D eigenvalue weighted by atomic mass is 9.39. The second-order valence-corrected chi connectivity index (χ2v) is 18.7. The van der Waals surface area contributed by atoms with E-state index < -0.39 is 5.97 Å². The zero-order valence-electron chi connectivity index (χ0n) is 33.0. The highest BCUT2D eigenvalue weighted by Crippen LogP contribution is 2.71. The number of amides is 1. The summed E-state index contributed by atoms with van der Waals surface area (Å²) in [4.78, 5) is 37.7. The van der Waals surface area contributed by atoms with E-state index in [1.54, 1.807) is 6.07 Å². The number of rotatable bonds is 15. The Morgan fingerprint density at radius 1 is 0.965 bits per heavy atom. The van der Waals surface area contributed by atoms with Crippen LogP contribution in [0, 0.1) is 21.7 Å². The molecule has 0 radical (unpaired) electrons. The molecular formula is C44H53N7O5S. The number of fused-ring (bicyclic) bond motifs is 2. The Morgan fingerprint density at radius 2 is 1.75 bits per heavy atom. The van der Waals surface area contributed by atoms with Gasteiger partial charge in [0.25, 0.3) is 5.91 Å². The SMILES string of the molecule is C/C(NCC12CC3(C)CC(C)(C1)CC(OCCNCCO)(C3)C2)=C(/C=N)c1ccc(N2CCc3cccc(C(=O)Nc4nc5ccccc5s4)c3C2)nc1C(=O)O. The van der Waals surface area contributed by atoms with Crippen molar-refractivity contribution < 1.29 is 24.5 Å². The van der Waals surface area contributed by atoms with Crippen LogP contribution in [0.15, 0.2) is 60.3 Å². The molecule has 0 saturated heterocycles. The van der Waals surface area contributed by atoms with E-state index in [9.17, 15) is 14.7 Å². The van der Waals surface area contributed by atoms with Crippen LogP contribution in [-0.4, -0.2) is 83.3 Å². The second kappa shape index (κ2) is 15.2. The average Bonchev–Trinajstić information content (AvgIpc) is 3.58. The number of carbonyl (C=O) groups excluding carboxylic acids is 1. The van der Waals surface area contributed by atoms with Crippen molar-refractivity contribution in [1.29, 1.82) is 5.41 Å². The number of aromatic nitrogens is 2. The monoisotopic (exact) mass is 791 g/mol. The standard InChI is InChI=1S/C44H53N7O5S/c1-28(47-27-43-22-41(2)21-42(3,23-43)25-44(24-41,26-43)56-18-15-46-14-17-52)32(19-45)30-11-12-36(49-37(30)39(54)55)51-16-13-29-7-6-8-31(33(29)20-51)38(53)50-40-48-34-9-4-5-10-35(34)57-40/h4-12,19,45-47,52H,13-18,20-27H2,1-3H3,(H,54,55)(H,48,50,53)/b32-28+,45-19?. The van der Waals surface area contributed by atoms with Crippen LogP contribution in [0.1, 0.15) is 96.8 Å². The highest BCUT2D eigenvalue weighted by molar-refractivity contribution is 7.22. The molecule has 6 N–H and O–H groups in total. The Labute approximate surface area is 337 Å². The summed E-state index contributed by atoms with van der Waals surface area (Å²) >= 11 is 1.43. The lowest BCUT2D eigenvalue weighted by molar-refractivity contribution is -0.242. The molecule has 4 aliphatic carbocycles. The molecular weight excluding hydrogens is 739 g/mol. The van der Waals surface area contributed by atoms with E-state index >= 15 is 0 Å². The van der Waals surface area contributed by atoms with Gasteiger partial charge in [-0.05, 0) is 110 Å². The number of carboxylic acid groups (broad SMARTS) is 1. The molecule has 57 heavy (non-hydrogen) atoms. The summed E-state index contributed by atoms with van der Waals surface area (Å²) in [6.45, 7) is 10.5. The second-order valence-electron chi connectivity index (χ2n) is 17.7. The van der Waals surface area contributed by atoms with Crippen molar-refractivity contribution in [3.63, 3.8) is 0 Å². The van der Waals surface area contributed by atoms with Gasteiger partial charge >= 0.3 is 5.97 Å². The minimum absolute atomic E-state index is 0.0115. The number of thiazole rings is 1. The summed E-state index contributed by atoms with van der Waals surface area (Å²) in [5, 5.41) is 38.6. The number of benzene rings is 2. The Balaban J connectivity index is 1.00. The zero-order valence-corrected chi connectivity index (χ0v) is 33.9. The molecule has 4 bridgehead atoms. The molecule has 3 heterocycles. The summed E-state index contributed by atoms with van der Waals surface area (Å²) < 4.78 is 7.74. The first-order valence-corrected chi connectivity index (χ1v) is 20.8.